The van der Waals surface area contributed by atoms with Crippen molar-refractivity contribution < 1.29 is 9.13 Å². The Morgan fingerprint density at radius 3 is 2.40 bits per heavy atom. The number of nitrogens with one attached hydrogen (secondary N) is 1. The molecular weight excluding hydrogens is 319 g/mol. The maximum atomic E-state index is 12.8. The van der Waals surface area contributed by atoms with Crippen molar-refractivity contribution >= 4 is 5.82 Å². The number of nitrogens with zero attached hydrogens (tertiary/aromatic N) is 2. The van der Waals surface area contributed by atoms with E-state index in [-0.39, 0.29) is 0 Å². The number of anilines is 1. The SMILES string of the molecule is COC(c1ccc(-c2ccc(N3CCNCC3)nc2)cc1)C(N)CF. The zero-order valence-corrected chi connectivity index (χ0v) is 14.5. The predicted molar refractivity (Wildman–Crippen MR) is 98.5 cm³/mol. The number of hydrogen-bond acceptors (Lipinski definition) is 5. The molecule has 1 aliphatic heterocycles. The Balaban J connectivity index is 1.73. The largest absolute Gasteiger partial charge is 0.375 e. The number of halogens is 1. The number of hydrogen-bond donors (Lipinski definition) is 2. The van der Waals surface area contributed by atoms with Gasteiger partial charge in [-0.15, -0.1) is 0 Å². The Labute approximate surface area is 148 Å². The molecule has 1 aliphatic rings. The average molecular weight is 344 g/mol. The summed E-state index contributed by atoms with van der Waals surface area (Å²) in [5.41, 5.74) is 8.77. The molecule has 0 aliphatic carbocycles. The quantitative estimate of drug-likeness (QED) is 0.841. The van der Waals surface area contributed by atoms with Crippen molar-refractivity contribution in [2.45, 2.75) is 12.1 Å². The minimum absolute atomic E-state index is 0.438. The molecule has 5 nitrogen and oxygen atoms in total. The van der Waals surface area contributed by atoms with Gasteiger partial charge in [0.15, 0.2) is 0 Å². The van der Waals surface area contributed by atoms with Crippen LogP contribution in [-0.2, 0) is 4.74 Å². The van der Waals surface area contributed by atoms with E-state index in [0.29, 0.717) is 0 Å². The number of benzene rings is 1. The second kappa shape index (κ2) is 8.38. The zero-order chi connectivity index (χ0) is 17.6. The van der Waals surface area contributed by atoms with Crippen LogP contribution in [0.4, 0.5) is 10.2 Å². The minimum atomic E-state index is -0.657. The molecule has 25 heavy (non-hydrogen) atoms. The van der Waals surface area contributed by atoms with Crippen LogP contribution in [0.5, 0.6) is 0 Å². The fraction of sp³-hybridized carbons (Fsp3) is 0.421. The molecule has 0 radical (unpaired) electrons. The summed E-state index contributed by atoms with van der Waals surface area (Å²) in [4.78, 5) is 6.88. The van der Waals surface area contributed by atoms with Gasteiger partial charge in [-0.25, -0.2) is 9.37 Å². The van der Waals surface area contributed by atoms with Crippen molar-refractivity contribution in [3.05, 3.63) is 48.2 Å². The number of rotatable bonds is 6. The first-order valence-corrected chi connectivity index (χ1v) is 8.59. The first-order chi connectivity index (χ1) is 12.2. The van der Waals surface area contributed by atoms with Crippen LogP contribution in [0.15, 0.2) is 42.6 Å². The van der Waals surface area contributed by atoms with E-state index in [0.717, 1.165) is 48.7 Å². The second-order valence-corrected chi connectivity index (χ2v) is 6.24. The molecule has 0 bridgehead atoms. The molecule has 3 N–H and O–H groups in total. The maximum Gasteiger partial charge on any atom is 0.128 e. The second-order valence-electron chi connectivity index (χ2n) is 6.24. The normalized spacial score (nSPS) is 17.3. The Hall–Kier alpha value is -2.02. The molecule has 1 aromatic carbocycles. The van der Waals surface area contributed by atoms with Gasteiger partial charge in [-0.05, 0) is 23.3 Å². The summed E-state index contributed by atoms with van der Waals surface area (Å²) >= 11 is 0. The third kappa shape index (κ3) is 4.15. The lowest BCUT2D eigenvalue weighted by molar-refractivity contribution is 0.0721. The highest BCUT2D eigenvalue weighted by Crippen LogP contribution is 2.25. The highest BCUT2D eigenvalue weighted by atomic mass is 19.1. The van der Waals surface area contributed by atoms with Gasteiger partial charge in [0.05, 0.1) is 12.1 Å². The molecule has 1 aromatic heterocycles. The van der Waals surface area contributed by atoms with E-state index >= 15 is 0 Å². The molecule has 134 valence electrons. The third-order valence-electron chi connectivity index (χ3n) is 4.58. The van der Waals surface area contributed by atoms with E-state index in [2.05, 4.69) is 27.3 Å². The highest BCUT2D eigenvalue weighted by Gasteiger charge is 2.19. The maximum absolute atomic E-state index is 12.8. The summed E-state index contributed by atoms with van der Waals surface area (Å²) < 4.78 is 18.2. The number of ether oxygens (including phenoxy) is 1. The van der Waals surface area contributed by atoms with Gasteiger partial charge in [0.1, 0.15) is 12.5 Å². The van der Waals surface area contributed by atoms with Crippen molar-refractivity contribution in [1.29, 1.82) is 0 Å². The van der Waals surface area contributed by atoms with E-state index in [1.165, 1.54) is 0 Å². The van der Waals surface area contributed by atoms with Gasteiger partial charge in [-0.3, -0.25) is 0 Å². The molecule has 2 unspecified atom stereocenters. The fourth-order valence-electron chi connectivity index (χ4n) is 3.14. The average Bonchev–Trinajstić information content (AvgIpc) is 2.70. The number of nitrogens with two attached hydrogens (primary N) is 1. The number of methoxy groups -OCH3 is 1. The standard InChI is InChI=1S/C19H25FN4O/c1-25-19(17(21)12-20)15-4-2-14(3-5-15)16-6-7-18(23-13-16)24-10-8-22-9-11-24/h2-7,13,17,19,22H,8-12,21H2,1H3. The zero-order valence-electron chi connectivity index (χ0n) is 14.5. The van der Waals surface area contributed by atoms with Crippen molar-refractivity contribution in [3.8, 4) is 11.1 Å². The molecule has 0 amide bonds. The minimum Gasteiger partial charge on any atom is -0.375 e. The number of piperazine rings is 1. The van der Waals surface area contributed by atoms with E-state index in [4.69, 9.17) is 10.5 Å². The Morgan fingerprint density at radius 2 is 1.84 bits per heavy atom. The Bertz CT molecular complexity index is 656. The van der Waals surface area contributed by atoms with Gasteiger partial charge in [-0.1, -0.05) is 24.3 Å². The number of pyridine rings is 1. The van der Waals surface area contributed by atoms with Gasteiger partial charge in [-0.2, -0.15) is 0 Å². The van der Waals surface area contributed by atoms with Gasteiger partial charge in [0.2, 0.25) is 0 Å². The molecular formula is C19H25FN4O. The molecule has 2 aromatic rings. The van der Waals surface area contributed by atoms with Crippen LogP contribution in [0, 0.1) is 0 Å². The summed E-state index contributed by atoms with van der Waals surface area (Å²) in [6.45, 7) is 3.33. The van der Waals surface area contributed by atoms with Crippen molar-refractivity contribution in [2.24, 2.45) is 5.73 Å². The molecule has 1 fully saturated rings. The van der Waals surface area contributed by atoms with Crippen LogP contribution in [0.1, 0.15) is 11.7 Å². The first-order valence-electron chi connectivity index (χ1n) is 8.59. The van der Waals surface area contributed by atoms with Gasteiger partial charge < -0.3 is 20.7 Å². The van der Waals surface area contributed by atoms with Gasteiger partial charge in [0.25, 0.3) is 0 Å². The molecule has 0 saturated carbocycles. The fourth-order valence-corrected chi connectivity index (χ4v) is 3.14. The van der Waals surface area contributed by atoms with Crippen molar-refractivity contribution in [3.63, 3.8) is 0 Å². The van der Waals surface area contributed by atoms with Gasteiger partial charge >= 0.3 is 0 Å². The van der Waals surface area contributed by atoms with E-state index in [9.17, 15) is 4.39 Å². The smallest absolute Gasteiger partial charge is 0.128 e. The molecule has 1 saturated heterocycles. The number of alkyl halides is 1. The van der Waals surface area contributed by atoms with Crippen LogP contribution in [0.3, 0.4) is 0 Å². The monoisotopic (exact) mass is 344 g/mol. The summed E-state index contributed by atoms with van der Waals surface area (Å²) in [6.07, 6.45) is 1.46. The summed E-state index contributed by atoms with van der Waals surface area (Å²) in [5, 5.41) is 3.34. The van der Waals surface area contributed by atoms with Crippen LogP contribution in [0.25, 0.3) is 11.1 Å². The number of aromatic nitrogens is 1. The van der Waals surface area contributed by atoms with E-state index < -0.39 is 18.8 Å². The van der Waals surface area contributed by atoms with Crippen molar-refractivity contribution in [2.75, 3.05) is 44.9 Å². The highest BCUT2D eigenvalue weighted by molar-refractivity contribution is 5.64. The lowest BCUT2D eigenvalue weighted by Crippen LogP contribution is -2.43. The summed E-state index contributed by atoms with van der Waals surface area (Å²) in [6, 6.07) is 11.3. The first kappa shape index (κ1) is 17.8. The molecule has 2 atom stereocenters. The topological polar surface area (TPSA) is 63.4 Å². The van der Waals surface area contributed by atoms with Crippen LogP contribution < -0.4 is 16.0 Å². The summed E-state index contributed by atoms with van der Waals surface area (Å²) in [5.74, 6) is 1.01. The molecule has 6 heteroatoms. The van der Waals surface area contributed by atoms with Gasteiger partial charge in [0, 0.05) is 45.0 Å². The summed E-state index contributed by atoms with van der Waals surface area (Å²) in [7, 11) is 1.55. The lowest BCUT2D eigenvalue weighted by atomic mass is 10.00. The van der Waals surface area contributed by atoms with Crippen LogP contribution >= 0.6 is 0 Å². The molecule has 0 spiro atoms. The van der Waals surface area contributed by atoms with E-state index in [1.54, 1.807) is 7.11 Å². The van der Waals surface area contributed by atoms with Crippen LogP contribution in [-0.4, -0.2) is 51.0 Å². The third-order valence-corrected chi connectivity index (χ3v) is 4.58. The van der Waals surface area contributed by atoms with Crippen molar-refractivity contribution in [1.82, 2.24) is 10.3 Å². The predicted octanol–water partition coefficient (Wildman–Crippen LogP) is 2.14. The Morgan fingerprint density at radius 1 is 1.16 bits per heavy atom. The van der Waals surface area contributed by atoms with Crippen LogP contribution in [0.2, 0.25) is 0 Å². The van der Waals surface area contributed by atoms with E-state index in [1.807, 2.05) is 30.5 Å². The molecule has 3 rings (SSSR count). The molecule has 2 heterocycles. The lowest BCUT2D eigenvalue weighted by Gasteiger charge is -2.28. The Kier molecular flexibility index (Phi) is 5.96.